The molecule has 0 saturated carbocycles. The van der Waals surface area contributed by atoms with Crippen molar-refractivity contribution in [3.05, 3.63) is 35.4 Å². The lowest BCUT2D eigenvalue weighted by molar-refractivity contribution is 0.233. The Hall–Kier alpha value is -0.820. The van der Waals surface area contributed by atoms with Crippen LogP contribution in [0.5, 0.6) is 0 Å². The minimum Gasteiger partial charge on any atom is -0.324 e. The summed E-state index contributed by atoms with van der Waals surface area (Å²) in [4.78, 5) is 0. The van der Waals surface area contributed by atoms with Gasteiger partial charge in [0, 0.05) is 6.04 Å². The van der Waals surface area contributed by atoms with Gasteiger partial charge in [0.1, 0.15) is 0 Å². The SMILES string of the molecule is Cc1ccccc1C(N)CC(C)C(C)(C)C. The van der Waals surface area contributed by atoms with Crippen LogP contribution in [0, 0.1) is 18.3 Å². The highest BCUT2D eigenvalue weighted by atomic mass is 14.6. The summed E-state index contributed by atoms with van der Waals surface area (Å²) in [7, 11) is 0. The van der Waals surface area contributed by atoms with E-state index in [9.17, 15) is 0 Å². The van der Waals surface area contributed by atoms with E-state index in [-0.39, 0.29) is 6.04 Å². The Morgan fingerprint density at radius 3 is 2.25 bits per heavy atom. The maximum atomic E-state index is 6.29. The Bertz CT molecular complexity index is 336. The number of aryl methyl sites for hydroxylation is 1. The Balaban J connectivity index is 2.73. The quantitative estimate of drug-likeness (QED) is 0.815. The van der Waals surface area contributed by atoms with E-state index in [2.05, 4.69) is 58.9 Å². The van der Waals surface area contributed by atoms with Crippen LogP contribution in [0.15, 0.2) is 24.3 Å². The van der Waals surface area contributed by atoms with Crippen LogP contribution in [-0.2, 0) is 0 Å². The second-order valence-electron chi connectivity index (χ2n) is 5.97. The normalized spacial score (nSPS) is 15.9. The molecule has 0 aromatic heterocycles. The fourth-order valence-electron chi connectivity index (χ4n) is 1.86. The van der Waals surface area contributed by atoms with Crippen LogP contribution >= 0.6 is 0 Å². The molecule has 0 amide bonds. The highest BCUT2D eigenvalue weighted by molar-refractivity contribution is 5.28. The van der Waals surface area contributed by atoms with Crippen LogP contribution in [0.3, 0.4) is 0 Å². The average molecular weight is 219 g/mol. The highest BCUT2D eigenvalue weighted by Gasteiger charge is 2.23. The van der Waals surface area contributed by atoms with Gasteiger partial charge in [-0.15, -0.1) is 0 Å². The zero-order valence-corrected chi connectivity index (χ0v) is 11.2. The first-order chi connectivity index (χ1) is 7.32. The summed E-state index contributed by atoms with van der Waals surface area (Å²) in [6, 6.07) is 8.59. The molecule has 2 atom stereocenters. The molecule has 0 spiro atoms. The summed E-state index contributed by atoms with van der Waals surface area (Å²) < 4.78 is 0. The predicted octanol–water partition coefficient (Wildman–Crippen LogP) is 4.07. The highest BCUT2D eigenvalue weighted by Crippen LogP contribution is 2.32. The molecule has 0 aliphatic heterocycles. The Kier molecular flexibility index (Phi) is 4.15. The standard InChI is InChI=1S/C15H25N/c1-11-8-6-7-9-13(11)14(16)10-12(2)15(3,4)5/h6-9,12,14H,10,16H2,1-5H3. The van der Waals surface area contributed by atoms with Gasteiger partial charge in [-0.3, -0.25) is 0 Å². The minimum absolute atomic E-state index is 0.162. The van der Waals surface area contributed by atoms with E-state index in [0.29, 0.717) is 11.3 Å². The van der Waals surface area contributed by atoms with Crippen LogP contribution in [0.2, 0.25) is 0 Å². The largest absolute Gasteiger partial charge is 0.324 e. The van der Waals surface area contributed by atoms with Crippen molar-refractivity contribution in [2.24, 2.45) is 17.1 Å². The fraction of sp³-hybridized carbons (Fsp3) is 0.600. The smallest absolute Gasteiger partial charge is 0.0300 e. The molecule has 1 heteroatoms. The maximum absolute atomic E-state index is 6.29. The van der Waals surface area contributed by atoms with E-state index in [4.69, 9.17) is 5.73 Å². The minimum atomic E-state index is 0.162. The first-order valence-corrected chi connectivity index (χ1v) is 6.13. The molecule has 16 heavy (non-hydrogen) atoms. The van der Waals surface area contributed by atoms with Gasteiger partial charge < -0.3 is 5.73 Å². The third kappa shape index (κ3) is 3.34. The molecule has 0 fully saturated rings. The van der Waals surface area contributed by atoms with Crippen molar-refractivity contribution in [1.82, 2.24) is 0 Å². The zero-order chi connectivity index (χ0) is 12.3. The van der Waals surface area contributed by atoms with Crippen molar-refractivity contribution in [2.75, 3.05) is 0 Å². The summed E-state index contributed by atoms with van der Waals surface area (Å²) in [6.45, 7) is 11.3. The van der Waals surface area contributed by atoms with Gasteiger partial charge in [-0.05, 0) is 35.8 Å². The zero-order valence-electron chi connectivity index (χ0n) is 11.2. The molecule has 1 rings (SSSR count). The molecular formula is C15H25N. The Morgan fingerprint density at radius 1 is 1.19 bits per heavy atom. The van der Waals surface area contributed by atoms with E-state index < -0.39 is 0 Å². The third-order valence-electron chi connectivity index (χ3n) is 3.67. The van der Waals surface area contributed by atoms with Crippen LogP contribution in [-0.4, -0.2) is 0 Å². The molecule has 0 heterocycles. The molecule has 0 saturated heterocycles. The van der Waals surface area contributed by atoms with Gasteiger partial charge in [0.2, 0.25) is 0 Å². The fourth-order valence-corrected chi connectivity index (χ4v) is 1.86. The summed E-state index contributed by atoms with van der Waals surface area (Å²) in [6.07, 6.45) is 1.05. The lowest BCUT2D eigenvalue weighted by atomic mass is 9.77. The van der Waals surface area contributed by atoms with Gasteiger partial charge in [0.05, 0.1) is 0 Å². The van der Waals surface area contributed by atoms with Crippen molar-refractivity contribution in [3.63, 3.8) is 0 Å². The van der Waals surface area contributed by atoms with E-state index in [0.717, 1.165) is 6.42 Å². The summed E-state index contributed by atoms with van der Waals surface area (Å²) in [5.41, 5.74) is 9.22. The van der Waals surface area contributed by atoms with Gasteiger partial charge in [0.15, 0.2) is 0 Å². The van der Waals surface area contributed by atoms with Gasteiger partial charge in [0.25, 0.3) is 0 Å². The molecule has 2 N–H and O–H groups in total. The van der Waals surface area contributed by atoms with E-state index in [1.165, 1.54) is 11.1 Å². The number of benzene rings is 1. The van der Waals surface area contributed by atoms with Crippen LogP contribution in [0.4, 0.5) is 0 Å². The summed E-state index contributed by atoms with van der Waals surface area (Å²) in [5, 5.41) is 0. The Morgan fingerprint density at radius 2 is 1.75 bits per heavy atom. The monoisotopic (exact) mass is 219 g/mol. The number of hydrogen-bond acceptors (Lipinski definition) is 1. The molecule has 0 aliphatic rings. The number of hydrogen-bond donors (Lipinski definition) is 1. The molecule has 0 radical (unpaired) electrons. The lowest BCUT2D eigenvalue weighted by Crippen LogP contribution is -2.23. The predicted molar refractivity (Wildman–Crippen MR) is 71.3 cm³/mol. The Labute approximate surface area is 100 Å². The molecule has 0 aliphatic carbocycles. The molecule has 90 valence electrons. The van der Waals surface area contributed by atoms with Gasteiger partial charge in [-0.1, -0.05) is 52.0 Å². The van der Waals surface area contributed by atoms with Crippen LogP contribution in [0.1, 0.15) is 51.3 Å². The second-order valence-corrected chi connectivity index (χ2v) is 5.97. The van der Waals surface area contributed by atoms with E-state index >= 15 is 0 Å². The van der Waals surface area contributed by atoms with E-state index in [1.54, 1.807) is 0 Å². The van der Waals surface area contributed by atoms with Crippen molar-refractivity contribution < 1.29 is 0 Å². The molecule has 0 bridgehead atoms. The lowest BCUT2D eigenvalue weighted by Gasteiger charge is -2.30. The maximum Gasteiger partial charge on any atom is 0.0300 e. The first kappa shape index (κ1) is 13.2. The second kappa shape index (κ2) is 5.01. The summed E-state index contributed by atoms with van der Waals surface area (Å²) >= 11 is 0. The molecule has 1 aromatic rings. The summed E-state index contributed by atoms with van der Waals surface area (Å²) in [5.74, 6) is 0.627. The molecule has 1 aromatic carbocycles. The van der Waals surface area contributed by atoms with E-state index in [1.807, 2.05) is 0 Å². The molecular weight excluding hydrogens is 194 g/mol. The van der Waals surface area contributed by atoms with Crippen LogP contribution < -0.4 is 5.73 Å². The van der Waals surface area contributed by atoms with Crippen molar-refractivity contribution in [3.8, 4) is 0 Å². The number of rotatable bonds is 3. The van der Waals surface area contributed by atoms with Crippen molar-refractivity contribution in [2.45, 2.75) is 47.1 Å². The number of nitrogens with two attached hydrogens (primary N) is 1. The first-order valence-electron chi connectivity index (χ1n) is 6.13. The molecule has 1 nitrogen and oxygen atoms in total. The average Bonchev–Trinajstić information content (AvgIpc) is 2.16. The van der Waals surface area contributed by atoms with Gasteiger partial charge in [-0.25, -0.2) is 0 Å². The van der Waals surface area contributed by atoms with Gasteiger partial charge in [-0.2, -0.15) is 0 Å². The van der Waals surface area contributed by atoms with Gasteiger partial charge >= 0.3 is 0 Å². The topological polar surface area (TPSA) is 26.0 Å². The van der Waals surface area contributed by atoms with Crippen LogP contribution in [0.25, 0.3) is 0 Å². The van der Waals surface area contributed by atoms with Crippen molar-refractivity contribution in [1.29, 1.82) is 0 Å². The molecule has 2 unspecified atom stereocenters. The third-order valence-corrected chi connectivity index (χ3v) is 3.67. The van der Waals surface area contributed by atoms with Crippen molar-refractivity contribution >= 4 is 0 Å².